The van der Waals surface area contributed by atoms with Gasteiger partial charge in [0.05, 0.1) is 29.9 Å². The second-order valence-corrected chi connectivity index (χ2v) is 11.5. The van der Waals surface area contributed by atoms with Crippen LogP contribution in [-0.4, -0.2) is 25.2 Å². The molecule has 0 N–H and O–H groups in total. The number of ether oxygens (including phenoxy) is 4. The van der Waals surface area contributed by atoms with Crippen LogP contribution in [0.4, 0.5) is 0 Å². The van der Waals surface area contributed by atoms with Crippen LogP contribution in [0.2, 0.25) is 0 Å². The van der Waals surface area contributed by atoms with Crippen LogP contribution in [0.3, 0.4) is 0 Å². The molecule has 7 heteroatoms. The van der Waals surface area contributed by atoms with Gasteiger partial charge in [-0.3, -0.25) is 0 Å². The van der Waals surface area contributed by atoms with Gasteiger partial charge < -0.3 is 18.9 Å². The fourth-order valence-electron chi connectivity index (χ4n) is 4.92. The molecule has 0 fully saturated rings. The number of benzene rings is 3. The summed E-state index contributed by atoms with van der Waals surface area (Å²) in [6, 6.07) is 19.8. The summed E-state index contributed by atoms with van der Waals surface area (Å²) < 4.78 is 22.5. The van der Waals surface area contributed by atoms with E-state index in [1.807, 2.05) is 0 Å². The summed E-state index contributed by atoms with van der Waals surface area (Å²) in [5.74, 6) is 0.661. The Bertz CT molecular complexity index is 1360. The number of carbonyl (C=O) groups is 2. The van der Waals surface area contributed by atoms with Gasteiger partial charge in [0.15, 0.2) is 0 Å². The number of unbranched alkanes of at least 4 members (excludes halogenated alkanes) is 12. The van der Waals surface area contributed by atoms with Crippen molar-refractivity contribution in [1.82, 2.24) is 0 Å². The van der Waals surface area contributed by atoms with Crippen LogP contribution in [0.25, 0.3) is 0 Å². The van der Waals surface area contributed by atoms with Crippen molar-refractivity contribution in [3.63, 3.8) is 0 Å². The highest BCUT2D eigenvalue weighted by atomic mass is 16.5. The first-order valence-corrected chi connectivity index (χ1v) is 17.0. The van der Waals surface area contributed by atoms with Crippen LogP contribution in [0.5, 0.6) is 23.0 Å². The van der Waals surface area contributed by atoms with E-state index >= 15 is 0 Å². The van der Waals surface area contributed by atoms with Crippen molar-refractivity contribution in [2.24, 2.45) is 0 Å². The van der Waals surface area contributed by atoms with Crippen LogP contribution in [0.15, 0.2) is 66.7 Å². The summed E-state index contributed by atoms with van der Waals surface area (Å²) in [4.78, 5) is 25.5. The fourth-order valence-corrected chi connectivity index (χ4v) is 4.92. The van der Waals surface area contributed by atoms with Crippen LogP contribution < -0.4 is 18.9 Å². The second-order valence-electron chi connectivity index (χ2n) is 11.5. The minimum absolute atomic E-state index is 0.273. The molecule has 0 saturated carbocycles. The molecule has 0 aliphatic heterocycles. The Morgan fingerprint density at radius 2 is 1.00 bits per heavy atom. The smallest absolute Gasteiger partial charge is 0.343 e. The van der Waals surface area contributed by atoms with E-state index in [9.17, 15) is 14.9 Å². The highest BCUT2D eigenvalue weighted by Crippen LogP contribution is 2.23. The van der Waals surface area contributed by atoms with E-state index < -0.39 is 11.9 Å². The number of nitrogens with zero attached hydrogens (tertiary/aromatic N) is 1. The Morgan fingerprint density at radius 3 is 1.57 bits per heavy atom. The van der Waals surface area contributed by atoms with Crippen molar-refractivity contribution < 1.29 is 28.5 Å². The van der Waals surface area contributed by atoms with Crippen molar-refractivity contribution in [2.45, 2.75) is 104 Å². The number of nitriles is 1. The molecule has 0 bridgehead atoms. The van der Waals surface area contributed by atoms with Gasteiger partial charge in [0.1, 0.15) is 29.1 Å². The molecule has 0 heterocycles. The standard InChI is InChI=1S/C39H49NO6/c1-3-5-7-8-9-10-11-12-13-14-15-16-28-44-37-29-32(17-18-33(37)30-40)39(42)46-35-21-19-31(20-22-35)38(41)45-36-25-23-34(24-26-36)43-27-6-4-2/h17-26,29H,3-16,27-28H2,1-2H3. The van der Waals surface area contributed by atoms with Crippen LogP contribution in [0.1, 0.15) is 130 Å². The van der Waals surface area contributed by atoms with E-state index in [2.05, 4.69) is 19.9 Å². The summed E-state index contributed by atoms with van der Waals surface area (Å²) in [7, 11) is 0. The van der Waals surface area contributed by atoms with Gasteiger partial charge >= 0.3 is 11.9 Å². The Balaban J connectivity index is 1.40. The number of esters is 2. The third-order valence-electron chi connectivity index (χ3n) is 7.69. The van der Waals surface area contributed by atoms with Crippen molar-refractivity contribution in [1.29, 1.82) is 5.26 Å². The molecule has 0 saturated heterocycles. The summed E-state index contributed by atoms with van der Waals surface area (Å²) in [5.41, 5.74) is 0.959. The molecule has 7 nitrogen and oxygen atoms in total. The number of hydrogen-bond acceptors (Lipinski definition) is 7. The lowest BCUT2D eigenvalue weighted by atomic mass is 10.1. The van der Waals surface area contributed by atoms with Crippen molar-refractivity contribution >= 4 is 11.9 Å². The van der Waals surface area contributed by atoms with Gasteiger partial charge in [0.25, 0.3) is 0 Å². The zero-order chi connectivity index (χ0) is 32.8. The Hall–Kier alpha value is -4.31. The zero-order valence-electron chi connectivity index (χ0n) is 27.6. The molecule has 246 valence electrons. The maximum atomic E-state index is 12.9. The Morgan fingerprint density at radius 1 is 0.543 bits per heavy atom. The summed E-state index contributed by atoms with van der Waals surface area (Å²) in [6.07, 6.45) is 17.1. The monoisotopic (exact) mass is 627 g/mol. The van der Waals surface area contributed by atoms with E-state index in [1.165, 1.54) is 88.5 Å². The molecule has 0 amide bonds. The topological polar surface area (TPSA) is 94.8 Å². The van der Waals surface area contributed by atoms with Crippen LogP contribution in [0, 0.1) is 11.3 Å². The van der Waals surface area contributed by atoms with Gasteiger partial charge in [-0.1, -0.05) is 90.9 Å². The summed E-state index contributed by atoms with van der Waals surface area (Å²) >= 11 is 0. The van der Waals surface area contributed by atoms with Gasteiger partial charge in [0.2, 0.25) is 0 Å². The normalized spacial score (nSPS) is 10.6. The van der Waals surface area contributed by atoms with Crippen LogP contribution >= 0.6 is 0 Å². The maximum absolute atomic E-state index is 12.9. The van der Waals surface area contributed by atoms with Gasteiger partial charge in [0, 0.05) is 0 Å². The third kappa shape index (κ3) is 13.4. The minimum Gasteiger partial charge on any atom is -0.494 e. The van der Waals surface area contributed by atoms with Crippen molar-refractivity contribution in [3.05, 3.63) is 83.4 Å². The first kappa shape index (κ1) is 36.2. The second kappa shape index (κ2) is 21.4. The minimum atomic E-state index is -0.587. The molecule has 0 unspecified atom stereocenters. The lowest BCUT2D eigenvalue weighted by molar-refractivity contribution is 0.0730. The van der Waals surface area contributed by atoms with Gasteiger partial charge in [-0.2, -0.15) is 5.26 Å². The fraction of sp³-hybridized carbons (Fsp3) is 0.462. The summed E-state index contributed by atoms with van der Waals surface area (Å²) in [5, 5.41) is 9.51. The van der Waals surface area contributed by atoms with E-state index in [0.717, 1.165) is 31.4 Å². The molecule has 46 heavy (non-hydrogen) atoms. The number of rotatable bonds is 22. The molecule has 0 aliphatic rings. The first-order valence-electron chi connectivity index (χ1n) is 17.0. The molecule has 0 radical (unpaired) electrons. The van der Waals surface area contributed by atoms with Gasteiger partial charge in [-0.15, -0.1) is 0 Å². The molecule has 3 aromatic carbocycles. The van der Waals surface area contributed by atoms with E-state index in [0.29, 0.717) is 35.8 Å². The highest BCUT2D eigenvalue weighted by Gasteiger charge is 2.15. The first-order chi connectivity index (χ1) is 22.5. The number of hydrogen-bond donors (Lipinski definition) is 0. The van der Waals surface area contributed by atoms with Crippen molar-refractivity contribution in [3.8, 4) is 29.1 Å². The molecule has 0 aliphatic carbocycles. The quantitative estimate of drug-likeness (QED) is 0.0621. The molecule has 3 aromatic rings. The van der Waals surface area contributed by atoms with Gasteiger partial charge in [-0.05, 0) is 79.6 Å². The Labute approximate surface area is 274 Å². The molecule has 0 aromatic heterocycles. The van der Waals surface area contributed by atoms with Crippen molar-refractivity contribution in [2.75, 3.05) is 13.2 Å². The van der Waals surface area contributed by atoms with Crippen LogP contribution in [-0.2, 0) is 0 Å². The lowest BCUT2D eigenvalue weighted by Crippen LogP contribution is -2.11. The number of carbonyl (C=O) groups excluding carboxylic acids is 2. The van der Waals surface area contributed by atoms with E-state index in [4.69, 9.17) is 18.9 Å². The molecule has 0 atom stereocenters. The Kier molecular flexibility index (Phi) is 16.8. The maximum Gasteiger partial charge on any atom is 0.343 e. The zero-order valence-corrected chi connectivity index (χ0v) is 27.6. The van der Waals surface area contributed by atoms with E-state index in [1.54, 1.807) is 42.5 Å². The van der Waals surface area contributed by atoms with Gasteiger partial charge in [-0.25, -0.2) is 9.59 Å². The third-order valence-corrected chi connectivity index (χ3v) is 7.69. The predicted octanol–water partition coefficient (Wildman–Crippen LogP) is 10.3. The molecule has 0 spiro atoms. The average molecular weight is 628 g/mol. The summed E-state index contributed by atoms with van der Waals surface area (Å²) in [6.45, 7) is 5.48. The van der Waals surface area contributed by atoms with E-state index in [-0.39, 0.29) is 11.3 Å². The predicted molar refractivity (Wildman–Crippen MR) is 181 cm³/mol. The molecular weight excluding hydrogens is 578 g/mol. The lowest BCUT2D eigenvalue weighted by Gasteiger charge is -2.10. The SMILES string of the molecule is CCCCCCCCCCCCCCOc1cc(C(=O)Oc2ccc(C(=O)Oc3ccc(OCCCC)cc3)cc2)ccc1C#N. The average Bonchev–Trinajstić information content (AvgIpc) is 3.08. The largest absolute Gasteiger partial charge is 0.494 e. The molecule has 3 rings (SSSR count). The highest BCUT2D eigenvalue weighted by molar-refractivity contribution is 5.93. The molecular formula is C39H49NO6.